The van der Waals surface area contributed by atoms with Crippen LogP contribution in [0.5, 0.6) is 0 Å². The number of carbonyl (C=O) groups excluding carboxylic acids is 2. The first kappa shape index (κ1) is 33.4. The van der Waals surface area contributed by atoms with E-state index >= 15 is 0 Å². The molecule has 4 nitrogen and oxygen atoms in total. The Hall–Kier alpha value is -3.54. The molecule has 0 radical (unpaired) electrons. The number of nitrogens with one attached hydrogen (secondary N) is 1. The maximum atomic E-state index is 13.5. The summed E-state index contributed by atoms with van der Waals surface area (Å²) in [5.74, 6) is -0.253. The summed E-state index contributed by atoms with van der Waals surface area (Å²) in [6.45, 7) is 14.9. The molecule has 0 bridgehead atoms. The highest BCUT2D eigenvalue weighted by Gasteiger charge is 2.27. The first-order chi connectivity index (χ1) is 20.7. The van der Waals surface area contributed by atoms with E-state index in [1.807, 2.05) is 17.0 Å². The molecule has 4 rings (SSSR count). The zero-order valence-electron chi connectivity index (χ0n) is 27.2. The molecule has 236 valence electrons. The predicted molar refractivity (Wildman–Crippen MR) is 174 cm³/mol. The van der Waals surface area contributed by atoms with E-state index in [0.717, 1.165) is 47.9 Å². The summed E-state index contributed by atoms with van der Waals surface area (Å²) in [5, 5.41) is 3.14. The molecule has 44 heavy (non-hydrogen) atoms. The molecule has 1 atom stereocenters. The fraction of sp³-hybridized carbons (Fsp3) is 0.474. The largest absolute Gasteiger partial charge is 0.352 e. The Kier molecular flexibility index (Phi) is 10.6. The molecular weight excluding hydrogens is 554 g/mol. The van der Waals surface area contributed by atoms with Crippen LogP contribution < -0.4 is 5.32 Å². The Morgan fingerprint density at radius 3 is 1.84 bits per heavy atom. The maximum absolute atomic E-state index is 13.5. The first-order valence-corrected chi connectivity index (χ1v) is 15.9. The number of rotatable bonds is 10. The van der Waals surface area contributed by atoms with Crippen LogP contribution in [0.3, 0.4) is 0 Å². The number of amides is 2. The molecule has 1 N–H and O–H groups in total. The highest BCUT2D eigenvalue weighted by molar-refractivity contribution is 5.94. The monoisotopic (exact) mass is 602 g/mol. The molecular formula is C38H48F2N2O2. The van der Waals surface area contributed by atoms with Crippen LogP contribution in [0.25, 0.3) is 0 Å². The number of unbranched alkanes of at least 4 members (excludes halogenated alkanes) is 1. The van der Waals surface area contributed by atoms with Crippen molar-refractivity contribution in [1.82, 2.24) is 10.2 Å². The SMILES string of the molecule is CC(C)(C)c1cc(C(=O)NC[C@@H]2CCN(C(=O)CCCCC(c3ccc(F)cc3)c3ccc(F)cc3)C2)cc(C(C)(C)C)c1. The van der Waals surface area contributed by atoms with E-state index in [2.05, 4.69) is 52.9 Å². The molecule has 0 saturated carbocycles. The van der Waals surface area contributed by atoms with Crippen molar-refractivity contribution in [3.63, 3.8) is 0 Å². The highest BCUT2D eigenvalue weighted by Crippen LogP contribution is 2.32. The summed E-state index contributed by atoms with van der Waals surface area (Å²) in [6, 6.07) is 19.2. The minimum atomic E-state index is -0.287. The minimum Gasteiger partial charge on any atom is -0.352 e. The second-order valence-electron chi connectivity index (χ2n) is 14.4. The van der Waals surface area contributed by atoms with Gasteiger partial charge < -0.3 is 10.2 Å². The van der Waals surface area contributed by atoms with Crippen LogP contribution in [-0.2, 0) is 15.6 Å². The molecule has 0 spiro atoms. The summed E-state index contributed by atoms with van der Waals surface area (Å²) >= 11 is 0. The Balaban J connectivity index is 1.27. The average molecular weight is 603 g/mol. The van der Waals surface area contributed by atoms with Gasteiger partial charge in [0.05, 0.1) is 0 Å². The fourth-order valence-corrected chi connectivity index (χ4v) is 5.89. The molecule has 0 unspecified atom stereocenters. The lowest BCUT2D eigenvalue weighted by Gasteiger charge is -2.26. The van der Waals surface area contributed by atoms with E-state index in [0.29, 0.717) is 31.6 Å². The third-order valence-electron chi connectivity index (χ3n) is 8.80. The van der Waals surface area contributed by atoms with Gasteiger partial charge in [-0.3, -0.25) is 9.59 Å². The molecule has 6 heteroatoms. The number of halogens is 2. The Labute approximate surface area is 262 Å². The van der Waals surface area contributed by atoms with Crippen LogP contribution in [-0.4, -0.2) is 36.3 Å². The average Bonchev–Trinajstić information content (AvgIpc) is 3.45. The van der Waals surface area contributed by atoms with Gasteiger partial charge >= 0.3 is 0 Å². The van der Waals surface area contributed by atoms with E-state index < -0.39 is 0 Å². The van der Waals surface area contributed by atoms with Crippen molar-refractivity contribution in [2.24, 2.45) is 5.92 Å². The summed E-state index contributed by atoms with van der Waals surface area (Å²) in [6.07, 6.45) is 3.69. The predicted octanol–water partition coefficient (Wildman–Crippen LogP) is 8.53. The van der Waals surface area contributed by atoms with Gasteiger partial charge in [-0.15, -0.1) is 0 Å². The minimum absolute atomic E-state index is 0.00894. The normalized spacial score (nSPS) is 15.6. The fourth-order valence-electron chi connectivity index (χ4n) is 5.89. The summed E-state index contributed by atoms with van der Waals surface area (Å²) < 4.78 is 27.1. The van der Waals surface area contributed by atoms with Crippen LogP contribution in [0.4, 0.5) is 8.78 Å². The molecule has 3 aromatic rings. The molecule has 0 aromatic heterocycles. The van der Waals surface area contributed by atoms with Crippen LogP contribution in [0.2, 0.25) is 0 Å². The smallest absolute Gasteiger partial charge is 0.251 e. The Morgan fingerprint density at radius 2 is 1.34 bits per heavy atom. The van der Waals surface area contributed by atoms with Crippen molar-refractivity contribution in [3.8, 4) is 0 Å². The topological polar surface area (TPSA) is 49.4 Å². The van der Waals surface area contributed by atoms with Gasteiger partial charge in [-0.2, -0.15) is 0 Å². The van der Waals surface area contributed by atoms with Crippen molar-refractivity contribution in [3.05, 3.63) is 106 Å². The molecule has 1 fully saturated rings. The Bertz CT molecular complexity index is 1340. The molecule has 1 saturated heterocycles. The lowest BCUT2D eigenvalue weighted by molar-refractivity contribution is -0.130. The maximum Gasteiger partial charge on any atom is 0.251 e. The first-order valence-electron chi connectivity index (χ1n) is 15.9. The van der Waals surface area contributed by atoms with Crippen molar-refractivity contribution < 1.29 is 18.4 Å². The van der Waals surface area contributed by atoms with Gasteiger partial charge in [-0.25, -0.2) is 8.78 Å². The quantitative estimate of drug-likeness (QED) is 0.237. The molecule has 1 heterocycles. The van der Waals surface area contributed by atoms with Gasteiger partial charge in [0.15, 0.2) is 0 Å². The van der Waals surface area contributed by atoms with E-state index in [-0.39, 0.29) is 46.1 Å². The second kappa shape index (κ2) is 14.0. The standard InChI is InChI=1S/C38H48F2N2O2/c1-37(2,3)30-21-29(22-31(23-30)38(4,5)6)36(44)41-24-26-19-20-42(25-26)35(43)10-8-7-9-34(27-11-15-32(39)16-12-27)28-13-17-33(40)18-14-28/h11-18,21-23,26,34H,7-10,19-20,24-25H2,1-6H3,(H,41,44)/t26-/m0/s1. The van der Waals surface area contributed by atoms with E-state index in [9.17, 15) is 18.4 Å². The zero-order chi connectivity index (χ0) is 32.1. The van der Waals surface area contributed by atoms with Gasteiger partial charge in [0, 0.05) is 37.5 Å². The van der Waals surface area contributed by atoms with Crippen molar-refractivity contribution in [1.29, 1.82) is 0 Å². The lowest BCUT2D eigenvalue weighted by Crippen LogP contribution is -2.33. The zero-order valence-corrected chi connectivity index (χ0v) is 27.2. The lowest BCUT2D eigenvalue weighted by atomic mass is 9.79. The van der Waals surface area contributed by atoms with Gasteiger partial charge in [0.2, 0.25) is 5.91 Å². The molecule has 0 aliphatic carbocycles. The van der Waals surface area contributed by atoms with Crippen LogP contribution >= 0.6 is 0 Å². The number of hydrogen-bond donors (Lipinski definition) is 1. The second-order valence-corrected chi connectivity index (χ2v) is 14.4. The highest BCUT2D eigenvalue weighted by atomic mass is 19.1. The number of likely N-dealkylation sites (tertiary alicyclic amines) is 1. The Morgan fingerprint density at radius 1 is 0.818 bits per heavy atom. The number of hydrogen-bond acceptors (Lipinski definition) is 2. The number of carbonyl (C=O) groups is 2. The van der Waals surface area contributed by atoms with Gasteiger partial charge in [-0.1, -0.05) is 78.3 Å². The van der Waals surface area contributed by atoms with Gasteiger partial charge in [-0.05, 0) is 94.7 Å². The van der Waals surface area contributed by atoms with Crippen molar-refractivity contribution >= 4 is 11.8 Å². The van der Waals surface area contributed by atoms with Gasteiger partial charge in [0.25, 0.3) is 5.91 Å². The van der Waals surface area contributed by atoms with Crippen LogP contribution in [0.15, 0.2) is 66.7 Å². The van der Waals surface area contributed by atoms with E-state index in [1.54, 1.807) is 24.3 Å². The van der Waals surface area contributed by atoms with E-state index in [4.69, 9.17) is 0 Å². The third-order valence-corrected chi connectivity index (χ3v) is 8.80. The van der Waals surface area contributed by atoms with Crippen molar-refractivity contribution in [2.75, 3.05) is 19.6 Å². The molecule has 1 aliphatic rings. The summed E-state index contributed by atoms with van der Waals surface area (Å²) in [5.41, 5.74) is 4.82. The summed E-state index contributed by atoms with van der Waals surface area (Å²) in [7, 11) is 0. The third kappa shape index (κ3) is 8.99. The van der Waals surface area contributed by atoms with E-state index in [1.165, 1.54) is 24.3 Å². The number of benzene rings is 3. The van der Waals surface area contributed by atoms with Crippen LogP contribution in [0, 0.1) is 17.6 Å². The molecule has 3 aromatic carbocycles. The van der Waals surface area contributed by atoms with Crippen LogP contribution in [0.1, 0.15) is 112 Å². The molecule has 2 amide bonds. The summed E-state index contributed by atoms with van der Waals surface area (Å²) in [4.78, 5) is 28.2. The van der Waals surface area contributed by atoms with Crippen molar-refractivity contribution in [2.45, 2.75) is 90.4 Å². The number of nitrogens with zero attached hydrogens (tertiary/aromatic N) is 1. The molecule has 1 aliphatic heterocycles. The van der Waals surface area contributed by atoms with Gasteiger partial charge in [0.1, 0.15) is 11.6 Å².